The maximum atomic E-state index is 4.28. The number of hydrogen-bond acceptors (Lipinski definition) is 1. The Morgan fingerprint density at radius 1 is 1.23 bits per heavy atom. The fourth-order valence-corrected chi connectivity index (χ4v) is 2.23. The number of benzene rings is 1. The van der Waals surface area contributed by atoms with Gasteiger partial charge in [0.1, 0.15) is 0 Å². The summed E-state index contributed by atoms with van der Waals surface area (Å²) in [5, 5.41) is 8.10. The van der Waals surface area contributed by atoms with Gasteiger partial charge in [-0.2, -0.15) is 0 Å². The molecule has 0 spiro atoms. The van der Waals surface area contributed by atoms with E-state index < -0.39 is 0 Å². The molecule has 3 N–H and O–H groups in total. The Bertz CT molecular complexity index is 603. The van der Waals surface area contributed by atoms with Crippen molar-refractivity contribution < 1.29 is 0 Å². The highest BCUT2D eigenvalue weighted by Gasteiger charge is 2.09. The van der Waals surface area contributed by atoms with Gasteiger partial charge < -0.3 is 15.6 Å². The summed E-state index contributed by atoms with van der Waals surface area (Å²) in [5.74, 6) is 1.45. The molecule has 0 bridgehead atoms. The number of nitrogens with zero attached hydrogens (tertiary/aromatic N) is 1. The highest BCUT2D eigenvalue weighted by molar-refractivity contribution is 14.0. The minimum Gasteiger partial charge on any atom is -0.361 e. The number of aromatic amines is 1. The quantitative estimate of drug-likeness (QED) is 0.398. The molecule has 22 heavy (non-hydrogen) atoms. The maximum absolute atomic E-state index is 4.28. The van der Waals surface area contributed by atoms with Gasteiger partial charge in [0, 0.05) is 36.7 Å². The molecule has 0 saturated heterocycles. The third-order valence-electron chi connectivity index (χ3n) is 3.95. The van der Waals surface area contributed by atoms with Gasteiger partial charge in [-0.05, 0) is 30.9 Å². The molecular formula is C17H27IN4. The lowest BCUT2D eigenvalue weighted by molar-refractivity contribution is 0.481. The molecule has 1 unspecified atom stereocenters. The first-order chi connectivity index (χ1) is 10.1. The predicted molar refractivity (Wildman–Crippen MR) is 106 cm³/mol. The van der Waals surface area contributed by atoms with Crippen LogP contribution in [0, 0.1) is 5.92 Å². The van der Waals surface area contributed by atoms with E-state index in [2.05, 4.69) is 71.8 Å². The van der Waals surface area contributed by atoms with Crippen molar-refractivity contribution in [3.05, 3.63) is 36.0 Å². The van der Waals surface area contributed by atoms with Gasteiger partial charge in [0.25, 0.3) is 0 Å². The molecule has 1 atom stereocenters. The van der Waals surface area contributed by atoms with E-state index in [1.165, 1.54) is 16.5 Å². The number of aliphatic imine (C=N–C) groups is 1. The van der Waals surface area contributed by atoms with Gasteiger partial charge in [-0.25, -0.2) is 0 Å². The van der Waals surface area contributed by atoms with Crippen LogP contribution in [-0.2, 0) is 6.42 Å². The SMILES string of the molecule is CN=C(NCCc1c[nH]c2ccccc12)NC(C)C(C)C.I. The summed E-state index contributed by atoms with van der Waals surface area (Å²) in [7, 11) is 1.81. The van der Waals surface area contributed by atoms with E-state index in [-0.39, 0.29) is 24.0 Å². The van der Waals surface area contributed by atoms with Crippen LogP contribution in [0.15, 0.2) is 35.5 Å². The van der Waals surface area contributed by atoms with Crippen LogP contribution in [0.3, 0.4) is 0 Å². The summed E-state index contributed by atoms with van der Waals surface area (Å²) in [6.45, 7) is 7.46. The van der Waals surface area contributed by atoms with Gasteiger partial charge in [-0.1, -0.05) is 32.0 Å². The molecule has 1 heterocycles. The van der Waals surface area contributed by atoms with Crippen molar-refractivity contribution in [1.82, 2.24) is 15.6 Å². The van der Waals surface area contributed by atoms with Crippen LogP contribution in [0.25, 0.3) is 10.9 Å². The highest BCUT2D eigenvalue weighted by atomic mass is 127. The average Bonchev–Trinajstić information content (AvgIpc) is 2.89. The van der Waals surface area contributed by atoms with Gasteiger partial charge >= 0.3 is 0 Å². The molecule has 1 aromatic heterocycles. The van der Waals surface area contributed by atoms with Crippen molar-refractivity contribution in [2.45, 2.75) is 33.2 Å². The van der Waals surface area contributed by atoms with Gasteiger partial charge in [0.2, 0.25) is 0 Å². The van der Waals surface area contributed by atoms with Gasteiger partial charge in [-0.15, -0.1) is 24.0 Å². The second-order valence-electron chi connectivity index (χ2n) is 5.79. The Morgan fingerprint density at radius 3 is 2.64 bits per heavy atom. The zero-order chi connectivity index (χ0) is 15.2. The molecule has 5 heteroatoms. The van der Waals surface area contributed by atoms with Gasteiger partial charge in [0.05, 0.1) is 0 Å². The van der Waals surface area contributed by atoms with Gasteiger partial charge in [0.15, 0.2) is 5.96 Å². The Hall–Kier alpha value is -1.24. The predicted octanol–water partition coefficient (Wildman–Crippen LogP) is 3.54. The summed E-state index contributed by atoms with van der Waals surface area (Å²) in [5.41, 5.74) is 2.54. The molecule has 122 valence electrons. The summed E-state index contributed by atoms with van der Waals surface area (Å²) < 4.78 is 0. The number of guanidine groups is 1. The third-order valence-corrected chi connectivity index (χ3v) is 3.95. The highest BCUT2D eigenvalue weighted by Crippen LogP contribution is 2.17. The monoisotopic (exact) mass is 414 g/mol. The number of hydrogen-bond donors (Lipinski definition) is 3. The molecule has 2 rings (SSSR count). The van der Waals surface area contributed by atoms with Crippen LogP contribution >= 0.6 is 24.0 Å². The molecule has 0 saturated carbocycles. The Labute approximate surface area is 150 Å². The maximum Gasteiger partial charge on any atom is 0.191 e. The van der Waals surface area contributed by atoms with Gasteiger partial charge in [-0.3, -0.25) is 4.99 Å². The molecule has 1 aromatic carbocycles. The lowest BCUT2D eigenvalue weighted by Crippen LogP contribution is -2.44. The van der Waals surface area contributed by atoms with Crippen molar-refractivity contribution in [3.8, 4) is 0 Å². The van der Waals surface area contributed by atoms with Crippen molar-refractivity contribution >= 4 is 40.8 Å². The lowest BCUT2D eigenvalue weighted by Gasteiger charge is -2.20. The normalized spacial score (nSPS) is 13.0. The minimum atomic E-state index is 0. The zero-order valence-corrected chi connectivity index (χ0v) is 16.1. The van der Waals surface area contributed by atoms with Crippen molar-refractivity contribution in [1.29, 1.82) is 0 Å². The van der Waals surface area contributed by atoms with E-state index in [9.17, 15) is 0 Å². The number of halogens is 1. The van der Waals surface area contributed by atoms with Crippen LogP contribution in [0.1, 0.15) is 26.3 Å². The first kappa shape index (κ1) is 18.8. The van der Waals surface area contributed by atoms with E-state index in [1.807, 2.05) is 7.05 Å². The van der Waals surface area contributed by atoms with Crippen molar-refractivity contribution in [2.75, 3.05) is 13.6 Å². The number of H-pyrrole nitrogens is 1. The molecule has 0 aliphatic rings. The molecule has 0 fully saturated rings. The summed E-state index contributed by atoms with van der Waals surface area (Å²) in [6.07, 6.45) is 3.07. The number of nitrogens with one attached hydrogen (secondary N) is 3. The molecule has 0 amide bonds. The Balaban J connectivity index is 0.00000242. The largest absolute Gasteiger partial charge is 0.361 e. The summed E-state index contributed by atoms with van der Waals surface area (Å²) in [4.78, 5) is 7.59. The molecular weight excluding hydrogens is 387 g/mol. The number of rotatable bonds is 5. The fraction of sp³-hybridized carbons (Fsp3) is 0.471. The standard InChI is InChI=1S/C17H26N4.HI/c1-12(2)13(3)21-17(18-4)19-10-9-14-11-20-16-8-6-5-7-15(14)16;/h5-8,11-13,20H,9-10H2,1-4H3,(H2,18,19,21);1H. The second-order valence-corrected chi connectivity index (χ2v) is 5.79. The number of aromatic nitrogens is 1. The smallest absolute Gasteiger partial charge is 0.191 e. The second kappa shape index (κ2) is 9.02. The first-order valence-electron chi connectivity index (χ1n) is 7.64. The molecule has 0 aliphatic carbocycles. The first-order valence-corrected chi connectivity index (χ1v) is 7.64. The number of fused-ring (bicyclic) bond motifs is 1. The van der Waals surface area contributed by atoms with Crippen LogP contribution in [-0.4, -0.2) is 30.6 Å². The van der Waals surface area contributed by atoms with E-state index in [4.69, 9.17) is 0 Å². The minimum absolute atomic E-state index is 0. The lowest BCUT2D eigenvalue weighted by atomic mass is 10.1. The molecule has 2 aromatic rings. The van der Waals surface area contributed by atoms with E-state index in [0.717, 1.165) is 18.9 Å². The van der Waals surface area contributed by atoms with E-state index >= 15 is 0 Å². The van der Waals surface area contributed by atoms with Crippen LogP contribution in [0.5, 0.6) is 0 Å². The third kappa shape index (κ3) is 4.90. The van der Waals surface area contributed by atoms with Crippen LogP contribution < -0.4 is 10.6 Å². The van der Waals surface area contributed by atoms with Crippen LogP contribution in [0.4, 0.5) is 0 Å². The Morgan fingerprint density at radius 2 is 1.95 bits per heavy atom. The Kier molecular flexibility index (Phi) is 7.72. The average molecular weight is 414 g/mol. The topological polar surface area (TPSA) is 52.2 Å². The van der Waals surface area contributed by atoms with Crippen molar-refractivity contribution in [2.24, 2.45) is 10.9 Å². The molecule has 0 aliphatic heterocycles. The van der Waals surface area contributed by atoms with Crippen LogP contribution in [0.2, 0.25) is 0 Å². The summed E-state index contributed by atoms with van der Waals surface area (Å²) >= 11 is 0. The number of para-hydroxylation sites is 1. The molecule has 4 nitrogen and oxygen atoms in total. The summed E-state index contributed by atoms with van der Waals surface area (Å²) in [6, 6.07) is 8.81. The fourth-order valence-electron chi connectivity index (χ4n) is 2.23. The van der Waals surface area contributed by atoms with E-state index in [0.29, 0.717) is 12.0 Å². The van der Waals surface area contributed by atoms with Crippen molar-refractivity contribution in [3.63, 3.8) is 0 Å². The molecule has 0 radical (unpaired) electrons. The zero-order valence-electron chi connectivity index (χ0n) is 13.8. The van der Waals surface area contributed by atoms with E-state index in [1.54, 1.807) is 0 Å².